The average molecular weight is 503 g/mol. The maximum atomic E-state index is 12.5. The van der Waals surface area contributed by atoms with Gasteiger partial charge in [-0.15, -0.1) is 0 Å². The summed E-state index contributed by atoms with van der Waals surface area (Å²) in [4.78, 5) is 0. The number of benzene rings is 2. The van der Waals surface area contributed by atoms with Gasteiger partial charge < -0.3 is 29.5 Å². The smallest absolute Gasteiger partial charge is 0.387 e. The number of alkyl halides is 3. The van der Waals surface area contributed by atoms with Crippen molar-refractivity contribution >= 4 is 11.6 Å². The van der Waals surface area contributed by atoms with Crippen molar-refractivity contribution in [2.24, 2.45) is 0 Å². The molecule has 34 heavy (non-hydrogen) atoms. The molecule has 1 spiro atoms. The van der Waals surface area contributed by atoms with Crippen LogP contribution in [0.25, 0.3) is 0 Å². The predicted octanol–water partition coefficient (Wildman–Crippen LogP) is 3.24. The van der Waals surface area contributed by atoms with Crippen molar-refractivity contribution in [1.82, 2.24) is 0 Å². The lowest BCUT2D eigenvalue weighted by atomic mass is 9.86. The van der Waals surface area contributed by atoms with Crippen molar-refractivity contribution in [2.75, 3.05) is 13.2 Å². The molecular weight excluding hydrogens is 477 g/mol. The monoisotopic (exact) mass is 502 g/mol. The Morgan fingerprint density at radius 1 is 1.09 bits per heavy atom. The molecule has 6 nitrogen and oxygen atoms in total. The van der Waals surface area contributed by atoms with E-state index < -0.39 is 49.6 Å². The molecule has 2 aliphatic rings. The van der Waals surface area contributed by atoms with E-state index in [2.05, 4.69) is 11.7 Å². The van der Waals surface area contributed by atoms with Crippen LogP contribution >= 0.6 is 11.6 Å². The molecule has 0 aromatic heterocycles. The van der Waals surface area contributed by atoms with Crippen molar-refractivity contribution in [3.8, 4) is 0 Å². The molecule has 0 saturated carbocycles. The fourth-order valence-electron chi connectivity index (χ4n) is 4.38. The van der Waals surface area contributed by atoms with Crippen LogP contribution in [0.5, 0.6) is 0 Å². The highest BCUT2D eigenvalue weighted by molar-refractivity contribution is 6.31. The standard InChI is InChI=1S/C24H26ClF3O6/c1-2-13-3-5-14(6-4-13)7-15-8-17-16(9-18(15)25)10-33-24(17)22(31)21(30)20(29)19(34-24)11-32-12-23(26,27)28/h3-6,8-9,19-22,29-31H,2,7,10-12H2,1H3. The number of ether oxygens (including phenoxy) is 3. The highest BCUT2D eigenvalue weighted by Crippen LogP contribution is 2.47. The predicted molar refractivity (Wildman–Crippen MR) is 116 cm³/mol. The van der Waals surface area contributed by atoms with Crippen molar-refractivity contribution < 1.29 is 42.7 Å². The lowest BCUT2D eigenvalue weighted by Gasteiger charge is -2.46. The van der Waals surface area contributed by atoms with Crippen LogP contribution in [0.1, 0.15) is 34.7 Å². The zero-order chi connectivity index (χ0) is 24.7. The maximum Gasteiger partial charge on any atom is 0.411 e. The van der Waals surface area contributed by atoms with E-state index in [4.69, 9.17) is 21.1 Å². The summed E-state index contributed by atoms with van der Waals surface area (Å²) in [5.74, 6) is -1.88. The molecule has 0 bridgehead atoms. The van der Waals surface area contributed by atoms with Crippen molar-refractivity contribution in [3.05, 3.63) is 69.2 Å². The zero-order valence-corrected chi connectivity index (χ0v) is 19.1. The number of aliphatic hydroxyl groups is 3. The highest BCUT2D eigenvalue weighted by atomic mass is 35.5. The molecule has 3 N–H and O–H groups in total. The minimum absolute atomic E-state index is 0.00344. The van der Waals surface area contributed by atoms with E-state index in [1.807, 2.05) is 24.3 Å². The van der Waals surface area contributed by atoms with Crippen molar-refractivity contribution in [1.29, 1.82) is 0 Å². The molecule has 10 heteroatoms. The SMILES string of the molecule is CCc1ccc(Cc2cc3c(cc2Cl)COC32OC(COCC(F)(F)F)C(O)C(O)C2O)cc1. The number of hydrogen-bond donors (Lipinski definition) is 3. The Balaban J connectivity index is 1.62. The van der Waals surface area contributed by atoms with E-state index in [-0.39, 0.29) is 6.61 Å². The van der Waals surface area contributed by atoms with Gasteiger partial charge in [0, 0.05) is 10.6 Å². The van der Waals surface area contributed by atoms with Gasteiger partial charge in [0.15, 0.2) is 0 Å². The average Bonchev–Trinajstić information content (AvgIpc) is 3.13. The third kappa shape index (κ3) is 4.97. The molecule has 4 rings (SSSR count). The first-order chi connectivity index (χ1) is 16.0. The maximum absolute atomic E-state index is 12.5. The molecule has 1 fully saturated rings. The van der Waals surface area contributed by atoms with Crippen molar-refractivity contribution in [2.45, 2.75) is 62.8 Å². The lowest BCUT2D eigenvalue weighted by molar-refractivity contribution is -0.370. The van der Waals surface area contributed by atoms with Crippen LogP contribution in [0.15, 0.2) is 36.4 Å². The normalized spacial score (nSPS) is 28.9. The minimum atomic E-state index is -4.56. The van der Waals surface area contributed by atoms with Gasteiger partial charge in [-0.25, -0.2) is 0 Å². The Labute approximate surface area is 199 Å². The van der Waals surface area contributed by atoms with E-state index in [0.29, 0.717) is 22.6 Å². The second-order valence-corrected chi connectivity index (χ2v) is 9.02. The first kappa shape index (κ1) is 25.4. The first-order valence-corrected chi connectivity index (χ1v) is 11.3. The number of halogens is 4. The third-order valence-electron chi connectivity index (χ3n) is 6.23. The van der Waals surface area contributed by atoms with Crippen LogP contribution in [0.4, 0.5) is 13.2 Å². The molecule has 0 radical (unpaired) electrons. The third-order valence-corrected chi connectivity index (χ3v) is 6.59. The fraction of sp³-hybridized carbons (Fsp3) is 0.500. The van der Waals surface area contributed by atoms with E-state index in [0.717, 1.165) is 17.5 Å². The van der Waals surface area contributed by atoms with Gasteiger partial charge in [0.1, 0.15) is 31.0 Å². The van der Waals surface area contributed by atoms with Gasteiger partial charge >= 0.3 is 6.18 Å². The molecule has 0 amide bonds. The lowest BCUT2D eigenvalue weighted by Crippen LogP contribution is -2.63. The second-order valence-electron chi connectivity index (χ2n) is 8.62. The summed E-state index contributed by atoms with van der Waals surface area (Å²) in [6.07, 6.45) is -9.65. The van der Waals surface area contributed by atoms with Gasteiger partial charge in [-0.2, -0.15) is 13.2 Å². The van der Waals surface area contributed by atoms with Crippen LogP contribution in [0, 0.1) is 0 Å². The second kappa shape index (κ2) is 9.73. The van der Waals surface area contributed by atoms with Crippen LogP contribution in [-0.4, -0.2) is 59.1 Å². The topological polar surface area (TPSA) is 88.4 Å². The van der Waals surface area contributed by atoms with E-state index in [1.54, 1.807) is 12.1 Å². The van der Waals surface area contributed by atoms with E-state index >= 15 is 0 Å². The summed E-state index contributed by atoms with van der Waals surface area (Å²) in [6, 6.07) is 11.4. The van der Waals surface area contributed by atoms with Crippen LogP contribution in [0.3, 0.4) is 0 Å². The Bertz CT molecular complexity index is 1020. The van der Waals surface area contributed by atoms with Gasteiger partial charge in [0.05, 0.1) is 13.2 Å². The quantitative estimate of drug-likeness (QED) is 0.562. The van der Waals surface area contributed by atoms with Crippen LogP contribution in [0.2, 0.25) is 5.02 Å². The number of aliphatic hydroxyl groups excluding tert-OH is 3. The van der Waals surface area contributed by atoms with Gasteiger partial charge in [-0.3, -0.25) is 0 Å². The molecule has 2 aromatic rings. The van der Waals surface area contributed by atoms with Gasteiger partial charge in [-0.1, -0.05) is 42.8 Å². The summed E-state index contributed by atoms with van der Waals surface area (Å²) < 4.78 is 53.7. The van der Waals surface area contributed by atoms with Crippen molar-refractivity contribution in [3.63, 3.8) is 0 Å². The van der Waals surface area contributed by atoms with E-state index in [9.17, 15) is 28.5 Å². The number of hydrogen-bond acceptors (Lipinski definition) is 6. The molecule has 1 saturated heterocycles. The molecule has 2 aliphatic heterocycles. The fourth-order valence-corrected chi connectivity index (χ4v) is 4.63. The highest BCUT2D eigenvalue weighted by Gasteiger charge is 2.58. The summed E-state index contributed by atoms with van der Waals surface area (Å²) in [6.45, 7) is -0.140. The summed E-state index contributed by atoms with van der Waals surface area (Å²) in [5, 5.41) is 32.1. The molecule has 186 valence electrons. The summed E-state index contributed by atoms with van der Waals surface area (Å²) in [5.41, 5.74) is 3.92. The number of fused-ring (bicyclic) bond motifs is 2. The number of aryl methyl sites for hydroxylation is 1. The van der Waals surface area contributed by atoms with Gasteiger partial charge in [-0.05, 0) is 47.2 Å². The molecule has 2 heterocycles. The van der Waals surface area contributed by atoms with Gasteiger partial charge in [0.2, 0.25) is 5.79 Å². The Kier molecular flexibility index (Phi) is 7.26. The molecule has 5 unspecified atom stereocenters. The Hall–Kier alpha value is -1.72. The van der Waals surface area contributed by atoms with Crippen LogP contribution < -0.4 is 0 Å². The minimum Gasteiger partial charge on any atom is -0.387 e. The Morgan fingerprint density at radius 2 is 1.76 bits per heavy atom. The Morgan fingerprint density at radius 3 is 2.41 bits per heavy atom. The zero-order valence-electron chi connectivity index (χ0n) is 18.4. The first-order valence-electron chi connectivity index (χ1n) is 10.9. The molecule has 5 atom stereocenters. The van der Waals surface area contributed by atoms with Crippen LogP contribution in [-0.2, 0) is 39.4 Å². The van der Waals surface area contributed by atoms with E-state index in [1.165, 1.54) is 5.56 Å². The molecular formula is C24H26ClF3O6. The largest absolute Gasteiger partial charge is 0.411 e. The molecule has 2 aromatic carbocycles. The summed E-state index contributed by atoms with van der Waals surface area (Å²) in [7, 11) is 0. The molecule has 0 aliphatic carbocycles. The van der Waals surface area contributed by atoms with Gasteiger partial charge in [0.25, 0.3) is 0 Å². The number of rotatable bonds is 6. The summed E-state index contributed by atoms with van der Waals surface area (Å²) >= 11 is 6.50.